The Balaban J connectivity index is 2.04. The third kappa shape index (κ3) is 2.29. The van der Waals surface area contributed by atoms with Crippen LogP contribution < -0.4 is 4.74 Å². The maximum Gasteiger partial charge on any atom is 0.213 e. The highest BCUT2D eigenvalue weighted by atomic mass is 32.1. The first kappa shape index (κ1) is 12.1. The van der Waals surface area contributed by atoms with Crippen LogP contribution in [0.3, 0.4) is 0 Å². The van der Waals surface area contributed by atoms with Gasteiger partial charge in [0, 0.05) is 6.20 Å². The van der Waals surface area contributed by atoms with Crippen molar-refractivity contribution in [2.24, 2.45) is 0 Å². The zero-order valence-corrected chi connectivity index (χ0v) is 11.6. The van der Waals surface area contributed by atoms with Crippen molar-refractivity contribution in [1.82, 2.24) is 20.2 Å². The number of aromatic amines is 2. The summed E-state index contributed by atoms with van der Waals surface area (Å²) in [6, 6.07) is 7.79. The van der Waals surface area contributed by atoms with Crippen LogP contribution in [0.4, 0.5) is 0 Å². The number of benzene rings is 1. The first-order valence-corrected chi connectivity index (χ1v) is 6.74. The molecule has 0 spiro atoms. The van der Waals surface area contributed by atoms with Crippen molar-refractivity contribution < 1.29 is 4.74 Å². The van der Waals surface area contributed by atoms with Gasteiger partial charge >= 0.3 is 0 Å². The highest BCUT2D eigenvalue weighted by molar-refractivity contribution is 7.71. The summed E-state index contributed by atoms with van der Waals surface area (Å²) in [7, 11) is 1.65. The number of ether oxygens (including phenoxy) is 1. The van der Waals surface area contributed by atoms with E-state index in [0.29, 0.717) is 10.6 Å². The van der Waals surface area contributed by atoms with E-state index in [2.05, 4.69) is 20.2 Å². The lowest BCUT2D eigenvalue weighted by Gasteiger charge is -2.04. The van der Waals surface area contributed by atoms with E-state index in [-0.39, 0.29) is 0 Å². The van der Waals surface area contributed by atoms with Crippen molar-refractivity contribution in [3.05, 3.63) is 35.2 Å². The Hall–Kier alpha value is -1.99. The fourth-order valence-corrected chi connectivity index (χ4v) is 2.75. The van der Waals surface area contributed by atoms with Crippen molar-refractivity contribution >= 4 is 23.6 Å². The Morgan fingerprint density at radius 1 is 1.26 bits per heavy atom. The van der Waals surface area contributed by atoms with E-state index in [1.807, 2.05) is 24.3 Å². The van der Waals surface area contributed by atoms with Gasteiger partial charge in [-0.1, -0.05) is 12.1 Å². The van der Waals surface area contributed by atoms with Crippen LogP contribution in [0.1, 0.15) is 0 Å². The molecular formula is C12H10N4OS2. The van der Waals surface area contributed by atoms with Gasteiger partial charge in [0.05, 0.1) is 17.6 Å². The van der Waals surface area contributed by atoms with Gasteiger partial charge in [0.1, 0.15) is 10.8 Å². The summed E-state index contributed by atoms with van der Waals surface area (Å²) in [5.74, 6) is 1.50. The van der Waals surface area contributed by atoms with Crippen LogP contribution >= 0.6 is 23.6 Å². The summed E-state index contributed by atoms with van der Waals surface area (Å²) in [6.45, 7) is 0. The molecular weight excluding hydrogens is 280 g/mol. The molecule has 0 aliphatic rings. The van der Waals surface area contributed by atoms with Crippen LogP contribution in [0.15, 0.2) is 30.5 Å². The van der Waals surface area contributed by atoms with Gasteiger partial charge in [-0.25, -0.2) is 4.98 Å². The number of H-pyrrole nitrogens is 2. The molecule has 0 unspecified atom stereocenters. The van der Waals surface area contributed by atoms with Crippen LogP contribution in [-0.2, 0) is 0 Å². The number of hydrogen-bond acceptors (Lipinski definition) is 5. The predicted molar refractivity (Wildman–Crippen MR) is 76.9 cm³/mol. The van der Waals surface area contributed by atoms with Gasteiger partial charge in [-0.3, -0.25) is 10.2 Å². The molecule has 2 aromatic heterocycles. The Morgan fingerprint density at radius 2 is 2.11 bits per heavy atom. The van der Waals surface area contributed by atoms with E-state index in [1.165, 1.54) is 11.3 Å². The van der Waals surface area contributed by atoms with Gasteiger partial charge in [0.2, 0.25) is 4.77 Å². The van der Waals surface area contributed by atoms with Crippen LogP contribution in [0, 0.1) is 4.77 Å². The van der Waals surface area contributed by atoms with Crippen molar-refractivity contribution in [3.63, 3.8) is 0 Å². The predicted octanol–water partition coefficient (Wildman–Crippen LogP) is 3.27. The van der Waals surface area contributed by atoms with E-state index < -0.39 is 0 Å². The number of nitrogens with zero attached hydrogens (tertiary/aromatic N) is 2. The van der Waals surface area contributed by atoms with Gasteiger partial charge in [-0.2, -0.15) is 4.98 Å². The Kier molecular flexibility index (Phi) is 3.14. The smallest absolute Gasteiger partial charge is 0.213 e. The highest BCUT2D eigenvalue weighted by Crippen LogP contribution is 2.35. The maximum absolute atomic E-state index is 5.34. The largest absolute Gasteiger partial charge is 0.496 e. The van der Waals surface area contributed by atoms with E-state index in [9.17, 15) is 0 Å². The minimum Gasteiger partial charge on any atom is -0.496 e. The van der Waals surface area contributed by atoms with E-state index in [4.69, 9.17) is 17.0 Å². The molecule has 2 heterocycles. The van der Waals surface area contributed by atoms with E-state index >= 15 is 0 Å². The molecule has 0 fully saturated rings. The van der Waals surface area contributed by atoms with E-state index in [1.54, 1.807) is 13.3 Å². The lowest BCUT2D eigenvalue weighted by atomic mass is 10.2. The van der Waals surface area contributed by atoms with Crippen molar-refractivity contribution in [2.75, 3.05) is 7.11 Å². The van der Waals surface area contributed by atoms with Crippen molar-refractivity contribution in [3.8, 4) is 27.0 Å². The monoisotopic (exact) mass is 290 g/mol. The number of rotatable bonds is 3. The molecule has 3 rings (SSSR count). The number of hydrogen-bond donors (Lipinski definition) is 2. The number of nitrogens with one attached hydrogen (secondary N) is 2. The van der Waals surface area contributed by atoms with Gasteiger partial charge in [-0.15, -0.1) is 11.3 Å². The van der Waals surface area contributed by atoms with Crippen molar-refractivity contribution in [2.45, 2.75) is 0 Å². The molecule has 2 N–H and O–H groups in total. The molecule has 0 radical (unpaired) electrons. The normalized spacial score (nSPS) is 10.6. The standard InChI is InChI=1S/C12H10N4OS2/c1-17-8-5-3-2-4-7(8)11-13-6-9(19-11)10-14-12(18)16-15-10/h2-6H,1H3,(H2,14,15,16,18). The van der Waals surface area contributed by atoms with Crippen LogP contribution in [0.2, 0.25) is 0 Å². The topological polar surface area (TPSA) is 66.6 Å². The summed E-state index contributed by atoms with van der Waals surface area (Å²) in [4.78, 5) is 9.51. The zero-order chi connectivity index (χ0) is 13.2. The van der Waals surface area contributed by atoms with Crippen LogP contribution in [0.25, 0.3) is 21.3 Å². The fourth-order valence-electron chi connectivity index (χ4n) is 1.72. The average Bonchev–Trinajstić information content (AvgIpc) is 3.07. The van der Waals surface area contributed by atoms with Gasteiger partial charge < -0.3 is 4.74 Å². The first-order chi connectivity index (χ1) is 9.28. The van der Waals surface area contributed by atoms with E-state index in [0.717, 1.165) is 21.2 Å². The molecule has 3 aromatic rings. The summed E-state index contributed by atoms with van der Waals surface area (Å²) < 4.78 is 5.77. The minimum absolute atomic E-state index is 0.433. The molecule has 0 saturated heterocycles. The second kappa shape index (κ2) is 4.94. The molecule has 0 amide bonds. The molecule has 0 saturated carbocycles. The third-order valence-electron chi connectivity index (χ3n) is 2.58. The summed E-state index contributed by atoms with van der Waals surface area (Å²) in [5, 5.41) is 6.57. The van der Waals surface area contributed by atoms with Crippen LogP contribution in [0.5, 0.6) is 5.75 Å². The minimum atomic E-state index is 0.433. The second-order valence-corrected chi connectivity index (χ2v) is 5.16. The third-order valence-corrected chi connectivity index (χ3v) is 3.81. The molecule has 0 atom stereocenters. The molecule has 0 aliphatic carbocycles. The molecule has 0 bridgehead atoms. The number of para-hydroxylation sites is 1. The molecule has 96 valence electrons. The molecule has 1 aromatic carbocycles. The number of methoxy groups -OCH3 is 1. The Morgan fingerprint density at radius 3 is 2.84 bits per heavy atom. The van der Waals surface area contributed by atoms with Gasteiger partial charge in [-0.05, 0) is 24.4 Å². The lowest BCUT2D eigenvalue weighted by Crippen LogP contribution is -1.85. The fraction of sp³-hybridized carbons (Fsp3) is 0.0833. The summed E-state index contributed by atoms with van der Waals surface area (Å²) in [5.41, 5.74) is 0.968. The number of thiazole rings is 1. The molecule has 5 nitrogen and oxygen atoms in total. The zero-order valence-electron chi connectivity index (χ0n) is 10.0. The molecule has 19 heavy (non-hydrogen) atoms. The van der Waals surface area contributed by atoms with Gasteiger partial charge in [0.15, 0.2) is 5.82 Å². The highest BCUT2D eigenvalue weighted by Gasteiger charge is 2.11. The Labute approximate surface area is 118 Å². The quantitative estimate of drug-likeness (QED) is 0.727. The second-order valence-electron chi connectivity index (χ2n) is 3.75. The summed E-state index contributed by atoms with van der Waals surface area (Å²) >= 11 is 6.47. The Bertz CT molecular complexity index is 759. The number of aromatic nitrogens is 4. The lowest BCUT2D eigenvalue weighted by molar-refractivity contribution is 0.416. The molecule has 0 aliphatic heterocycles. The summed E-state index contributed by atoms with van der Waals surface area (Å²) in [6.07, 6.45) is 1.77. The maximum atomic E-state index is 5.34. The van der Waals surface area contributed by atoms with Crippen molar-refractivity contribution in [1.29, 1.82) is 0 Å². The molecule has 7 heteroatoms. The average molecular weight is 290 g/mol. The van der Waals surface area contributed by atoms with Gasteiger partial charge in [0.25, 0.3) is 0 Å². The SMILES string of the molecule is COc1ccccc1-c1ncc(-c2nc(=S)[nH][nH]2)s1. The van der Waals surface area contributed by atoms with Crippen LogP contribution in [-0.4, -0.2) is 27.3 Å². The first-order valence-electron chi connectivity index (χ1n) is 5.52.